The Kier molecular flexibility index (Phi) is 4.52. The van der Waals surface area contributed by atoms with Gasteiger partial charge < -0.3 is 9.64 Å². The van der Waals surface area contributed by atoms with Crippen LogP contribution in [0.3, 0.4) is 0 Å². The van der Waals surface area contributed by atoms with Crippen LogP contribution < -0.4 is 0 Å². The van der Waals surface area contributed by atoms with Gasteiger partial charge in [-0.3, -0.25) is 9.89 Å². The fraction of sp³-hybridized carbons (Fsp3) is 0.769. The summed E-state index contributed by atoms with van der Waals surface area (Å²) in [6.45, 7) is 6.37. The van der Waals surface area contributed by atoms with Crippen LogP contribution in [0.2, 0.25) is 0 Å². The molecule has 6 heteroatoms. The number of aromatic nitrogens is 3. The van der Waals surface area contributed by atoms with Crippen LogP contribution in [0.15, 0.2) is 0 Å². The van der Waals surface area contributed by atoms with Gasteiger partial charge in [0.25, 0.3) is 5.91 Å². The molecule has 0 saturated carbocycles. The third-order valence-electron chi connectivity index (χ3n) is 3.46. The molecule has 1 aromatic heterocycles. The second-order valence-corrected chi connectivity index (χ2v) is 5.44. The lowest BCUT2D eigenvalue weighted by Gasteiger charge is -2.26. The van der Waals surface area contributed by atoms with E-state index >= 15 is 0 Å². The van der Waals surface area contributed by atoms with Crippen molar-refractivity contribution in [1.82, 2.24) is 20.1 Å². The van der Waals surface area contributed by atoms with Crippen molar-refractivity contribution in [2.45, 2.75) is 32.6 Å². The van der Waals surface area contributed by atoms with Crippen LogP contribution in [0, 0.1) is 5.92 Å². The van der Waals surface area contributed by atoms with Gasteiger partial charge >= 0.3 is 0 Å². The Labute approximate surface area is 113 Å². The number of H-pyrrole nitrogens is 1. The molecule has 1 aliphatic heterocycles. The first-order chi connectivity index (χ1) is 9.08. The standard InChI is InChI=1S/C13H22N4O2/c1-9(2)11-14-12(16-15-11)13(18)17(3)8-10-4-6-19-7-5-10/h9-10H,4-8H2,1-3H3,(H,14,15,16). The summed E-state index contributed by atoms with van der Waals surface area (Å²) in [6, 6.07) is 0. The highest BCUT2D eigenvalue weighted by Gasteiger charge is 2.22. The molecule has 0 radical (unpaired) electrons. The second kappa shape index (κ2) is 6.14. The van der Waals surface area contributed by atoms with E-state index < -0.39 is 0 Å². The van der Waals surface area contributed by atoms with Crippen molar-refractivity contribution in [2.24, 2.45) is 5.92 Å². The lowest BCUT2D eigenvalue weighted by atomic mass is 10.00. The Morgan fingerprint density at radius 3 is 2.74 bits per heavy atom. The summed E-state index contributed by atoms with van der Waals surface area (Å²) < 4.78 is 5.32. The van der Waals surface area contributed by atoms with Crippen LogP contribution in [0.4, 0.5) is 0 Å². The van der Waals surface area contributed by atoms with E-state index in [2.05, 4.69) is 15.2 Å². The molecule has 0 aliphatic carbocycles. The zero-order valence-corrected chi connectivity index (χ0v) is 11.8. The van der Waals surface area contributed by atoms with Gasteiger partial charge in [0.1, 0.15) is 5.82 Å². The van der Waals surface area contributed by atoms with Gasteiger partial charge in [0, 0.05) is 32.7 Å². The third kappa shape index (κ3) is 3.53. The lowest BCUT2D eigenvalue weighted by Crippen LogP contribution is -2.34. The van der Waals surface area contributed by atoms with E-state index in [-0.39, 0.29) is 17.6 Å². The summed E-state index contributed by atoms with van der Waals surface area (Å²) >= 11 is 0. The normalized spacial score (nSPS) is 16.8. The highest BCUT2D eigenvalue weighted by Crippen LogP contribution is 2.16. The van der Waals surface area contributed by atoms with Crippen LogP contribution in [0.5, 0.6) is 0 Å². The first-order valence-electron chi connectivity index (χ1n) is 6.83. The van der Waals surface area contributed by atoms with E-state index in [0.717, 1.165) is 38.4 Å². The molecule has 1 amide bonds. The molecule has 0 aromatic carbocycles. The summed E-state index contributed by atoms with van der Waals surface area (Å²) in [7, 11) is 1.81. The number of ether oxygens (including phenoxy) is 1. The van der Waals surface area contributed by atoms with Gasteiger partial charge in [-0.05, 0) is 18.8 Å². The maximum Gasteiger partial charge on any atom is 0.293 e. The molecule has 1 fully saturated rings. The summed E-state index contributed by atoms with van der Waals surface area (Å²) in [5.41, 5.74) is 0. The molecule has 0 bridgehead atoms. The molecule has 0 unspecified atom stereocenters. The first-order valence-corrected chi connectivity index (χ1v) is 6.83. The minimum atomic E-state index is -0.116. The van der Waals surface area contributed by atoms with Gasteiger partial charge in [0.05, 0.1) is 0 Å². The molecule has 2 heterocycles. The molecule has 1 saturated heterocycles. The molecule has 6 nitrogen and oxygen atoms in total. The van der Waals surface area contributed by atoms with E-state index in [0.29, 0.717) is 5.92 Å². The number of hydrogen-bond donors (Lipinski definition) is 1. The van der Waals surface area contributed by atoms with Crippen molar-refractivity contribution in [3.05, 3.63) is 11.6 Å². The molecule has 0 spiro atoms. The number of carbonyl (C=O) groups excluding carboxylic acids is 1. The monoisotopic (exact) mass is 266 g/mol. The van der Waals surface area contributed by atoms with Crippen LogP contribution in [0.25, 0.3) is 0 Å². The second-order valence-electron chi connectivity index (χ2n) is 5.44. The smallest absolute Gasteiger partial charge is 0.293 e. The zero-order valence-electron chi connectivity index (χ0n) is 11.8. The fourth-order valence-corrected chi connectivity index (χ4v) is 2.20. The summed E-state index contributed by atoms with van der Waals surface area (Å²) in [5, 5.41) is 6.82. The molecule has 1 N–H and O–H groups in total. The molecule has 1 aliphatic rings. The predicted molar refractivity (Wildman–Crippen MR) is 71.0 cm³/mol. The summed E-state index contributed by atoms with van der Waals surface area (Å²) in [6.07, 6.45) is 2.03. The maximum absolute atomic E-state index is 12.2. The van der Waals surface area contributed by atoms with Crippen LogP contribution >= 0.6 is 0 Å². The molecular weight excluding hydrogens is 244 g/mol. The maximum atomic E-state index is 12.2. The minimum Gasteiger partial charge on any atom is -0.381 e. The molecular formula is C13H22N4O2. The van der Waals surface area contributed by atoms with E-state index in [9.17, 15) is 4.79 Å². The average molecular weight is 266 g/mol. The van der Waals surface area contributed by atoms with E-state index in [1.54, 1.807) is 4.90 Å². The Morgan fingerprint density at radius 1 is 1.47 bits per heavy atom. The molecule has 2 rings (SSSR count). The highest BCUT2D eigenvalue weighted by atomic mass is 16.5. The SMILES string of the molecule is CC(C)c1nc(C(=O)N(C)CC2CCOCC2)n[nH]1. The van der Waals surface area contributed by atoms with Gasteiger partial charge in [0.2, 0.25) is 5.82 Å². The van der Waals surface area contributed by atoms with Crippen molar-refractivity contribution >= 4 is 5.91 Å². The first kappa shape index (κ1) is 14.0. The highest BCUT2D eigenvalue weighted by molar-refractivity contribution is 5.90. The van der Waals surface area contributed by atoms with Gasteiger partial charge in [-0.2, -0.15) is 0 Å². The van der Waals surface area contributed by atoms with Crippen molar-refractivity contribution in [3.63, 3.8) is 0 Å². The van der Waals surface area contributed by atoms with E-state index in [1.807, 2.05) is 20.9 Å². The minimum absolute atomic E-state index is 0.116. The number of hydrogen-bond acceptors (Lipinski definition) is 4. The Bertz CT molecular complexity index is 424. The van der Waals surface area contributed by atoms with E-state index in [4.69, 9.17) is 4.74 Å². The Hall–Kier alpha value is -1.43. The molecule has 19 heavy (non-hydrogen) atoms. The number of amides is 1. The number of nitrogens with zero attached hydrogens (tertiary/aromatic N) is 3. The Balaban J connectivity index is 1.93. The quantitative estimate of drug-likeness (QED) is 0.895. The number of nitrogens with one attached hydrogen (secondary N) is 1. The van der Waals surface area contributed by atoms with Crippen LogP contribution in [0.1, 0.15) is 49.1 Å². The topological polar surface area (TPSA) is 71.1 Å². The fourth-order valence-electron chi connectivity index (χ4n) is 2.20. The van der Waals surface area contributed by atoms with Gasteiger partial charge in [-0.15, -0.1) is 5.10 Å². The number of carbonyl (C=O) groups is 1. The van der Waals surface area contributed by atoms with Crippen molar-refractivity contribution in [3.8, 4) is 0 Å². The number of aromatic amines is 1. The van der Waals surface area contributed by atoms with Gasteiger partial charge in [0.15, 0.2) is 0 Å². The average Bonchev–Trinajstić information content (AvgIpc) is 2.88. The van der Waals surface area contributed by atoms with Crippen LogP contribution in [-0.2, 0) is 4.74 Å². The number of rotatable bonds is 4. The third-order valence-corrected chi connectivity index (χ3v) is 3.46. The van der Waals surface area contributed by atoms with E-state index in [1.165, 1.54) is 0 Å². The van der Waals surface area contributed by atoms with Gasteiger partial charge in [-0.25, -0.2) is 4.98 Å². The molecule has 106 valence electrons. The lowest BCUT2D eigenvalue weighted by molar-refractivity contribution is 0.0493. The van der Waals surface area contributed by atoms with Crippen molar-refractivity contribution < 1.29 is 9.53 Å². The molecule has 0 atom stereocenters. The van der Waals surface area contributed by atoms with Crippen molar-refractivity contribution in [1.29, 1.82) is 0 Å². The predicted octanol–water partition coefficient (Wildman–Crippen LogP) is 1.43. The molecule has 1 aromatic rings. The summed E-state index contributed by atoms with van der Waals surface area (Å²) in [4.78, 5) is 18.2. The zero-order chi connectivity index (χ0) is 13.8. The summed E-state index contributed by atoms with van der Waals surface area (Å²) in [5.74, 6) is 1.66. The largest absolute Gasteiger partial charge is 0.381 e. The van der Waals surface area contributed by atoms with Gasteiger partial charge in [-0.1, -0.05) is 13.8 Å². The Morgan fingerprint density at radius 2 is 2.16 bits per heavy atom. The van der Waals surface area contributed by atoms with Crippen molar-refractivity contribution in [2.75, 3.05) is 26.8 Å². The van der Waals surface area contributed by atoms with Crippen LogP contribution in [-0.4, -0.2) is 52.8 Å².